The van der Waals surface area contributed by atoms with E-state index >= 15 is 0 Å². The van der Waals surface area contributed by atoms with Crippen molar-refractivity contribution >= 4 is 27.0 Å². The van der Waals surface area contributed by atoms with E-state index in [4.69, 9.17) is 9.47 Å². The van der Waals surface area contributed by atoms with E-state index in [1.54, 1.807) is 0 Å². The number of esters is 1. The van der Waals surface area contributed by atoms with Gasteiger partial charge in [-0.2, -0.15) is 0 Å². The van der Waals surface area contributed by atoms with E-state index in [9.17, 15) is 17.8 Å². The monoisotopic (exact) mass is 586 g/mol. The fourth-order valence-electron chi connectivity index (χ4n) is 3.77. The molecule has 0 aliphatic rings. The molecule has 0 unspecified atom stereocenters. The summed E-state index contributed by atoms with van der Waals surface area (Å²) in [5.41, 5.74) is -0.510. The molecule has 40 heavy (non-hydrogen) atoms. The third kappa shape index (κ3) is 14.0. The van der Waals surface area contributed by atoms with E-state index in [0.717, 1.165) is 19.3 Å². The summed E-state index contributed by atoms with van der Waals surface area (Å²) in [4.78, 5) is 15.5. The molecular formula is C32H42O6S2. The number of carbonyl (C=O) groups is 1. The molecule has 6 nitrogen and oxygen atoms in total. The van der Waals surface area contributed by atoms with E-state index in [1.165, 1.54) is 27.5 Å². The predicted molar refractivity (Wildman–Crippen MR) is 161 cm³/mol. The van der Waals surface area contributed by atoms with Gasteiger partial charge in [-0.05, 0) is 75.7 Å². The topological polar surface area (TPSA) is 92.7 Å². The Labute approximate surface area is 243 Å². The molecule has 8 heteroatoms. The molecule has 0 radical (unpaired) electrons. The van der Waals surface area contributed by atoms with E-state index < -0.39 is 15.7 Å². The highest BCUT2D eigenvalue weighted by molar-refractivity contribution is 7.97. The first-order valence-electron chi connectivity index (χ1n) is 13.7. The first kappa shape index (κ1) is 33.4. The molecule has 0 N–H and O–H groups in total. The zero-order valence-electron chi connectivity index (χ0n) is 24.0. The van der Waals surface area contributed by atoms with Crippen LogP contribution in [0.1, 0.15) is 66.2 Å². The van der Waals surface area contributed by atoms with E-state index in [1.807, 2.05) is 45.0 Å². The fourth-order valence-corrected chi connectivity index (χ4v) is 6.41. The lowest BCUT2D eigenvalue weighted by atomic mass is 10.1. The second kappa shape index (κ2) is 17.1. The molecule has 0 aliphatic carbocycles. The van der Waals surface area contributed by atoms with Crippen molar-refractivity contribution < 1.29 is 27.2 Å². The fraction of sp³-hybridized carbons (Fsp3) is 0.406. The van der Waals surface area contributed by atoms with Crippen LogP contribution >= 0.6 is 0 Å². The van der Waals surface area contributed by atoms with Crippen molar-refractivity contribution in [3.8, 4) is 5.75 Å². The van der Waals surface area contributed by atoms with Crippen molar-refractivity contribution in [1.29, 1.82) is 0 Å². The number of carbonyl (C=O) groups excluding carboxylic acids is 1. The lowest BCUT2D eigenvalue weighted by Crippen LogP contribution is -2.27. The molecule has 0 saturated heterocycles. The van der Waals surface area contributed by atoms with Gasteiger partial charge in [0.15, 0.2) is 21.3 Å². The number of hydrogen-bond acceptors (Lipinski definition) is 6. The van der Waals surface area contributed by atoms with Gasteiger partial charge in [0.25, 0.3) is 0 Å². The zero-order valence-corrected chi connectivity index (χ0v) is 25.6. The molecule has 0 fully saturated rings. The molecule has 0 bridgehead atoms. The van der Waals surface area contributed by atoms with Crippen LogP contribution in [0.4, 0.5) is 0 Å². The molecule has 218 valence electrons. The number of unbranched alkanes of at least 4 members (excludes halogenated alkanes) is 5. The van der Waals surface area contributed by atoms with Gasteiger partial charge in [-0.3, -0.25) is 0 Å². The van der Waals surface area contributed by atoms with Gasteiger partial charge >= 0.3 is 5.97 Å². The van der Waals surface area contributed by atoms with Crippen molar-refractivity contribution in [2.45, 2.75) is 86.5 Å². The number of ether oxygens (including phenoxy) is 2. The molecule has 0 aromatic heterocycles. The number of rotatable bonds is 13. The SMILES string of the molecule is CC(C)(C)OC(=O)COc1ccc([S+](c2ccccc2)c2ccccc2)cc1.CCCCCCCCS(=O)(=O)[O-]. The van der Waals surface area contributed by atoms with Gasteiger partial charge < -0.3 is 14.0 Å². The predicted octanol–water partition coefficient (Wildman–Crippen LogP) is 7.39. The van der Waals surface area contributed by atoms with Crippen molar-refractivity contribution in [1.82, 2.24) is 0 Å². The van der Waals surface area contributed by atoms with E-state index in [0.29, 0.717) is 12.2 Å². The van der Waals surface area contributed by atoms with Crippen molar-refractivity contribution in [3.05, 3.63) is 84.9 Å². The van der Waals surface area contributed by atoms with Crippen molar-refractivity contribution in [3.63, 3.8) is 0 Å². The van der Waals surface area contributed by atoms with Crippen LogP contribution in [0, 0.1) is 0 Å². The van der Waals surface area contributed by atoms with E-state index in [-0.39, 0.29) is 29.2 Å². The summed E-state index contributed by atoms with van der Waals surface area (Å²) in [7, 11) is -4.16. The highest BCUT2D eigenvalue weighted by Gasteiger charge is 2.28. The summed E-state index contributed by atoms with van der Waals surface area (Å²) in [6, 6.07) is 28.9. The van der Waals surface area contributed by atoms with Gasteiger partial charge in [0.05, 0.1) is 21.0 Å². The molecule has 0 spiro atoms. The van der Waals surface area contributed by atoms with Crippen LogP contribution in [0.25, 0.3) is 0 Å². The lowest BCUT2D eigenvalue weighted by molar-refractivity contribution is -0.157. The third-order valence-electron chi connectivity index (χ3n) is 5.54. The summed E-state index contributed by atoms with van der Waals surface area (Å²) >= 11 is 0. The minimum absolute atomic E-state index is 0.0975. The van der Waals surface area contributed by atoms with Gasteiger partial charge in [-0.15, -0.1) is 0 Å². The average Bonchev–Trinajstić information content (AvgIpc) is 2.90. The Morgan fingerprint density at radius 1 is 0.750 bits per heavy atom. The van der Waals surface area contributed by atoms with Gasteiger partial charge in [0.2, 0.25) is 0 Å². The smallest absolute Gasteiger partial charge is 0.344 e. The van der Waals surface area contributed by atoms with Crippen LogP contribution in [-0.2, 0) is 30.5 Å². The van der Waals surface area contributed by atoms with E-state index in [2.05, 4.69) is 67.6 Å². The first-order valence-corrected chi connectivity index (χ1v) is 16.5. The Morgan fingerprint density at radius 3 is 1.70 bits per heavy atom. The second-order valence-corrected chi connectivity index (χ2v) is 13.9. The van der Waals surface area contributed by atoms with Crippen LogP contribution in [0.3, 0.4) is 0 Å². The Morgan fingerprint density at radius 2 is 1.23 bits per heavy atom. The molecule has 3 rings (SSSR count). The molecule has 0 aliphatic heterocycles. The second-order valence-electron chi connectivity index (χ2n) is 10.3. The zero-order chi connectivity index (χ0) is 29.4. The van der Waals surface area contributed by atoms with Crippen molar-refractivity contribution in [2.24, 2.45) is 0 Å². The quantitative estimate of drug-likeness (QED) is 0.0897. The minimum atomic E-state index is -3.97. The van der Waals surface area contributed by atoms with Gasteiger partial charge in [-0.1, -0.05) is 75.4 Å². The highest BCUT2D eigenvalue weighted by Crippen LogP contribution is 2.31. The number of hydrogen-bond donors (Lipinski definition) is 0. The molecule has 0 atom stereocenters. The van der Waals surface area contributed by atoms with Gasteiger partial charge in [0.1, 0.15) is 11.4 Å². The largest absolute Gasteiger partial charge is 0.748 e. The number of benzene rings is 3. The third-order valence-corrected chi connectivity index (χ3v) is 8.56. The highest BCUT2D eigenvalue weighted by atomic mass is 32.2. The summed E-state index contributed by atoms with van der Waals surface area (Å²) in [6.45, 7) is 7.55. The molecule has 3 aromatic rings. The molecular weight excluding hydrogens is 544 g/mol. The van der Waals surface area contributed by atoms with Gasteiger partial charge in [-0.25, -0.2) is 13.2 Å². The van der Waals surface area contributed by atoms with Crippen LogP contribution in [-0.4, -0.2) is 36.9 Å². The van der Waals surface area contributed by atoms with Crippen LogP contribution in [0.15, 0.2) is 99.6 Å². The van der Waals surface area contributed by atoms with Crippen LogP contribution in [0.2, 0.25) is 0 Å². The summed E-state index contributed by atoms with van der Waals surface area (Å²) in [6.07, 6.45) is 5.96. The Bertz CT molecular complexity index is 1180. The summed E-state index contributed by atoms with van der Waals surface area (Å²) < 4.78 is 41.4. The summed E-state index contributed by atoms with van der Waals surface area (Å²) in [5.74, 6) is 0.0863. The Balaban J connectivity index is 0.000000395. The first-order chi connectivity index (χ1) is 19.0. The lowest BCUT2D eigenvalue weighted by Gasteiger charge is -2.19. The maximum Gasteiger partial charge on any atom is 0.344 e. The van der Waals surface area contributed by atoms with Crippen molar-refractivity contribution in [2.75, 3.05) is 12.4 Å². The maximum absolute atomic E-state index is 11.8. The van der Waals surface area contributed by atoms with Crippen LogP contribution < -0.4 is 4.74 Å². The Kier molecular flexibility index (Phi) is 14.3. The molecule has 0 saturated carbocycles. The Hall–Kier alpha value is -2.81. The molecule has 3 aromatic carbocycles. The summed E-state index contributed by atoms with van der Waals surface area (Å²) in [5, 5.41) is 0. The average molecular weight is 587 g/mol. The maximum atomic E-state index is 11.8. The normalized spacial score (nSPS) is 11.4. The van der Waals surface area contributed by atoms with Gasteiger partial charge in [0, 0.05) is 5.75 Å². The minimum Gasteiger partial charge on any atom is -0.748 e. The standard InChI is InChI=1S/C24H25O3S.C8H18O3S/c1-24(2,3)27-23(25)18-26-19-14-16-22(17-15-19)28(20-10-6-4-7-11-20)21-12-8-5-9-13-21;1-2-3-4-5-6-7-8-12(9,10)11/h4-17H,18H2,1-3H3;2-8H2,1H3,(H,9,10,11)/q+1;/p-1. The van der Waals surface area contributed by atoms with Crippen LogP contribution in [0.5, 0.6) is 5.75 Å². The molecule has 0 heterocycles. The molecule has 0 amide bonds.